The Morgan fingerprint density at radius 1 is 1.12 bits per heavy atom. The number of amides is 2. The number of hydrogen-bond donors (Lipinski definition) is 1. The van der Waals surface area contributed by atoms with E-state index in [0.717, 1.165) is 5.69 Å². The van der Waals surface area contributed by atoms with Crippen molar-refractivity contribution in [3.05, 3.63) is 29.8 Å². The maximum atomic E-state index is 12.7. The van der Waals surface area contributed by atoms with Crippen LogP contribution in [0, 0.1) is 5.92 Å². The van der Waals surface area contributed by atoms with Crippen LogP contribution in [0.1, 0.15) is 51.0 Å². The number of aliphatic hydroxyl groups is 1. The van der Waals surface area contributed by atoms with Crippen LogP contribution in [0.4, 0.5) is 5.69 Å². The van der Waals surface area contributed by atoms with Crippen LogP contribution in [0.2, 0.25) is 0 Å². The Bertz CT molecular complexity index is 636. The van der Waals surface area contributed by atoms with Gasteiger partial charge in [-0.15, -0.1) is 0 Å². The van der Waals surface area contributed by atoms with Crippen molar-refractivity contribution in [2.45, 2.75) is 51.6 Å². The number of nitrogens with zero attached hydrogens (tertiary/aromatic N) is 2. The van der Waals surface area contributed by atoms with E-state index in [1.54, 1.807) is 4.90 Å². The lowest BCUT2D eigenvalue weighted by Gasteiger charge is -2.29. The molecule has 0 spiro atoms. The molecule has 0 aliphatic carbocycles. The second-order valence-electron chi connectivity index (χ2n) is 7.53. The van der Waals surface area contributed by atoms with E-state index < -0.39 is 0 Å². The van der Waals surface area contributed by atoms with Crippen LogP contribution in [0.5, 0.6) is 0 Å². The summed E-state index contributed by atoms with van der Waals surface area (Å²) in [5.74, 6) is 0.883. The molecule has 3 rings (SSSR count). The molecule has 2 aliphatic rings. The lowest BCUT2D eigenvalue weighted by atomic mass is 9.90. The van der Waals surface area contributed by atoms with Crippen LogP contribution in [-0.4, -0.2) is 47.6 Å². The third-order valence-electron chi connectivity index (χ3n) is 5.48. The second kappa shape index (κ2) is 7.56. The molecule has 0 unspecified atom stereocenters. The summed E-state index contributed by atoms with van der Waals surface area (Å²) in [5, 5.41) is 9.53. The molecule has 0 aromatic heterocycles. The van der Waals surface area contributed by atoms with Gasteiger partial charge in [0.2, 0.25) is 11.8 Å². The van der Waals surface area contributed by atoms with Crippen molar-refractivity contribution in [3.8, 4) is 0 Å². The predicted molar refractivity (Wildman–Crippen MR) is 97.4 cm³/mol. The molecule has 1 aromatic carbocycles. The molecule has 1 saturated heterocycles. The van der Waals surface area contributed by atoms with Gasteiger partial charge in [-0.25, -0.2) is 0 Å². The number of hydrogen-bond acceptors (Lipinski definition) is 3. The topological polar surface area (TPSA) is 60.9 Å². The molecule has 1 atom stereocenters. The largest absolute Gasteiger partial charge is 0.393 e. The first-order valence-electron chi connectivity index (χ1n) is 9.32. The first-order chi connectivity index (χ1) is 12.0. The summed E-state index contributed by atoms with van der Waals surface area (Å²) >= 11 is 0. The van der Waals surface area contributed by atoms with Gasteiger partial charge in [-0.2, -0.15) is 0 Å². The quantitative estimate of drug-likeness (QED) is 0.913. The van der Waals surface area contributed by atoms with Crippen molar-refractivity contribution in [2.75, 3.05) is 24.5 Å². The molecule has 5 heteroatoms. The molecule has 2 amide bonds. The predicted octanol–water partition coefficient (Wildman–Crippen LogP) is 2.54. The molecule has 0 bridgehead atoms. The number of carbonyl (C=O) groups is 2. The highest BCUT2D eigenvalue weighted by Crippen LogP contribution is 2.40. The highest BCUT2D eigenvalue weighted by molar-refractivity contribution is 5.97. The fraction of sp³-hybridized carbons (Fsp3) is 0.600. The van der Waals surface area contributed by atoms with Crippen LogP contribution >= 0.6 is 0 Å². The average Bonchev–Trinajstić information content (AvgIpc) is 3.00. The first-order valence-corrected chi connectivity index (χ1v) is 9.32. The van der Waals surface area contributed by atoms with Crippen LogP contribution < -0.4 is 4.90 Å². The third-order valence-corrected chi connectivity index (χ3v) is 5.48. The summed E-state index contributed by atoms with van der Waals surface area (Å²) < 4.78 is 0. The Labute approximate surface area is 149 Å². The Morgan fingerprint density at radius 2 is 1.76 bits per heavy atom. The Balaban J connectivity index is 1.59. The first kappa shape index (κ1) is 17.9. The van der Waals surface area contributed by atoms with Crippen molar-refractivity contribution >= 4 is 17.5 Å². The van der Waals surface area contributed by atoms with E-state index in [-0.39, 0.29) is 30.8 Å². The minimum atomic E-state index is -0.292. The zero-order chi connectivity index (χ0) is 18.0. The van der Waals surface area contributed by atoms with Gasteiger partial charge in [0.25, 0.3) is 0 Å². The van der Waals surface area contributed by atoms with Gasteiger partial charge in [0.05, 0.1) is 6.10 Å². The van der Waals surface area contributed by atoms with E-state index in [2.05, 4.69) is 19.9 Å². The molecule has 1 aromatic rings. The van der Waals surface area contributed by atoms with E-state index in [9.17, 15) is 14.7 Å². The number of carbonyl (C=O) groups excluding carboxylic acids is 2. The summed E-state index contributed by atoms with van der Waals surface area (Å²) in [6, 6.07) is 8.10. The molecule has 2 aliphatic heterocycles. The summed E-state index contributed by atoms with van der Waals surface area (Å²) in [6.07, 6.45) is 1.47. The molecular weight excluding hydrogens is 316 g/mol. The molecule has 1 fully saturated rings. The van der Waals surface area contributed by atoms with E-state index in [1.807, 2.05) is 23.1 Å². The molecule has 1 N–H and O–H groups in total. The van der Waals surface area contributed by atoms with E-state index in [1.165, 1.54) is 5.56 Å². The minimum Gasteiger partial charge on any atom is -0.393 e. The minimum absolute atomic E-state index is 0.0214. The molecular formula is C20H28N2O3. The van der Waals surface area contributed by atoms with E-state index >= 15 is 0 Å². The highest BCUT2D eigenvalue weighted by Gasteiger charge is 2.33. The van der Waals surface area contributed by atoms with Gasteiger partial charge in [-0.05, 0) is 30.4 Å². The monoisotopic (exact) mass is 344 g/mol. The van der Waals surface area contributed by atoms with Crippen LogP contribution in [0.3, 0.4) is 0 Å². The number of aliphatic hydroxyl groups excluding tert-OH is 1. The van der Waals surface area contributed by atoms with E-state index in [4.69, 9.17) is 0 Å². The normalized spacial score (nSPS) is 20.9. The standard InChI is InChI=1S/C20H28N2O3/c1-14(2)17-13-22(18-6-4-3-5-16(17)18)20(25)8-7-19(24)21-11-9-15(23)10-12-21/h3-6,14-15,17,23H,7-13H2,1-2H3/t17-/m1/s1. The van der Waals surface area contributed by atoms with E-state index in [0.29, 0.717) is 44.3 Å². The smallest absolute Gasteiger partial charge is 0.227 e. The summed E-state index contributed by atoms with van der Waals surface area (Å²) in [7, 11) is 0. The van der Waals surface area contributed by atoms with Crippen molar-refractivity contribution in [1.82, 2.24) is 4.90 Å². The molecule has 5 nitrogen and oxygen atoms in total. The van der Waals surface area contributed by atoms with Gasteiger partial charge < -0.3 is 14.9 Å². The summed E-state index contributed by atoms with van der Waals surface area (Å²) in [6.45, 7) is 6.26. The lowest BCUT2D eigenvalue weighted by molar-refractivity contribution is -0.134. The number of rotatable bonds is 4. The molecule has 0 radical (unpaired) electrons. The van der Waals surface area contributed by atoms with Crippen molar-refractivity contribution < 1.29 is 14.7 Å². The maximum absolute atomic E-state index is 12.7. The fourth-order valence-electron chi connectivity index (χ4n) is 3.87. The second-order valence-corrected chi connectivity index (χ2v) is 7.53. The van der Waals surface area contributed by atoms with Gasteiger partial charge in [0.15, 0.2) is 0 Å². The molecule has 2 heterocycles. The van der Waals surface area contributed by atoms with Gasteiger partial charge in [0.1, 0.15) is 0 Å². The zero-order valence-corrected chi connectivity index (χ0v) is 15.1. The van der Waals surface area contributed by atoms with Crippen LogP contribution in [-0.2, 0) is 9.59 Å². The van der Waals surface area contributed by atoms with Crippen LogP contribution in [0.15, 0.2) is 24.3 Å². The SMILES string of the molecule is CC(C)[C@H]1CN(C(=O)CCC(=O)N2CCC(O)CC2)c2ccccc21. The number of benzene rings is 1. The maximum Gasteiger partial charge on any atom is 0.227 e. The van der Waals surface area contributed by atoms with Gasteiger partial charge in [-0.3, -0.25) is 9.59 Å². The number of likely N-dealkylation sites (tertiary alicyclic amines) is 1. The lowest BCUT2D eigenvalue weighted by Crippen LogP contribution is -2.40. The Hall–Kier alpha value is -1.88. The Kier molecular flexibility index (Phi) is 5.42. The molecule has 136 valence electrons. The van der Waals surface area contributed by atoms with Crippen LogP contribution in [0.25, 0.3) is 0 Å². The van der Waals surface area contributed by atoms with Gasteiger partial charge >= 0.3 is 0 Å². The number of piperidine rings is 1. The zero-order valence-electron chi connectivity index (χ0n) is 15.1. The summed E-state index contributed by atoms with van der Waals surface area (Å²) in [4.78, 5) is 28.7. The van der Waals surface area contributed by atoms with Crippen molar-refractivity contribution in [3.63, 3.8) is 0 Å². The van der Waals surface area contributed by atoms with Gasteiger partial charge in [0, 0.05) is 44.1 Å². The van der Waals surface area contributed by atoms with Gasteiger partial charge in [-0.1, -0.05) is 32.0 Å². The third kappa shape index (κ3) is 3.87. The highest BCUT2D eigenvalue weighted by atomic mass is 16.3. The van der Waals surface area contributed by atoms with Crippen molar-refractivity contribution in [2.24, 2.45) is 5.92 Å². The molecule has 0 saturated carbocycles. The number of anilines is 1. The fourth-order valence-corrected chi connectivity index (χ4v) is 3.87. The average molecular weight is 344 g/mol. The Morgan fingerprint density at radius 3 is 2.44 bits per heavy atom. The summed E-state index contributed by atoms with van der Waals surface area (Å²) in [5.41, 5.74) is 2.24. The van der Waals surface area contributed by atoms with Crippen molar-refractivity contribution in [1.29, 1.82) is 0 Å². The molecule has 25 heavy (non-hydrogen) atoms. The number of para-hydroxylation sites is 1. The number of fused-ring (bicyclic) bond motifs is 1.